The molecular formula is C17H23N3O2. The van der Waals surface area contributed by atoms with Crippen molar-refractivity contribution in [3.63, 3.8) is 0 Å². The number of nitrogens with one attached hydrogen (secondary N) is 2. The second-order valence-corrected chi connectivity index (χ2v) is 6.92. The quantitative estimate of drug-likeness (QED) is 0.898. The Hall–Kier alpha value is -1.78. The Bertz CT molecular complexity index is 613. The summed E-state index contributed by atoms with van der Waals surface area (Å²) in [5.74, 6) is 1.11. The zero-order valence-electron chi connectivity index (χ0n) is 13.0. The summed E-state index contributed by atoms with van der Waals surface area (Å²) in [4.78, 5) is 30.3. The number of rotatable bonds is 3. The van der Waals surface area contributed by atoms with Gasteiger partial charge >= 0.3 is 0 Å². The molecule has 3 aliphatic rings. The largest absolute Gasteiger partial charge is 0.361 e. The first-order chi connectivity index (χ1) is 10.6. The molecule has 1 atom stereocenters. The van der Waals surface area contributed by atoms with Gasteiger partial charge in [0.2, 0.25) is 5.91 Å². The first-order valence-corrected chi connectivity index (χ1v) is 8.46. The van der Waals surface area contributed by atoms with Gasteiger partial charge in [-0.05, 0) is 56.9 Å². The average molecular weight is 301 g/mol. The predicted molar refractivity (Wildman–Crippen MR) is 82.9 cm³/mol. The van der Waals surface area contributed by atoms with Crippen molar-refractivity contribution in [1.29, 1.82) is 0 Å². The van der Waals surface area contributed by atoms with Gasteiger partial charge < -0.3 is 15.2 Å². The number of hydrogen-bond acceptors (Lipinski definition) is 2. The van der Waals surface area contributed by atoms with Crippen molar-refractivity contribution < 1.29 is 9.59 Å². The number of nitrogens with zero attached hydrogens (tertiary/aromatic N) is 1. The van der Waals surface area contributed by atoms with E-state index < -0.39 is 0 Å². The Kier molecular flexibility index (Phi) is 3.24. The highest BCUT2D eigenvalue weighted by molar-refractivity contribution is 5.99. The van der Waals surface area contributed by atoms with Gasteiger partial charge in [-0.25, -0.2) is 0 Å². The van der Waals surface area contributed by atoms with Crippen molar-refractivity contribution in [3.05, 3.63) is 23.0 Å². The summed E-state index contributed by atoms with van der Waals surface area (Å²) in [6.45, 7) is 3.12. The lowest BCUT2D eigenvalue weighted by Gasteiger charge is -2.25. The number of H-pyrrole nitrogens is 1. The van der Waals surface area contributed by atoms with Crippen LogP contribution in [0.15, 0.2) is 6.07 Å². The van der Waals surface area contributed by atoms with Gasteiger partial charge in [0, 0.05) is 24.5 Å². The summed E-state index contributed by atoms with van der Waals surface area (Å²) in [6, 6.07) is 1.67. The van der Waals surface area contributed by atoms with Crippen LogP contribution in [0.5, 0.6) is 0 Å². The van der Waals surface area contributed by atoms with Crippen LogP contribution in [0.4, 0.5) is 0 Å². The molecule has 1 aromatic rings. The van der Waals surface area contributed by atoms with Gasteiger partial charge in [0.1, 0.15) is 6.04 Å². The fourth-order valence-corrected chi connectivity index (χ4v) is 3.35. The standard InChI is InChI=1S/C17H23N3O2/c1-10-16(21)18-7-2-8-20(10)17(22)13-9-14(11-3-4-11)19-15(13)12-5-6-12/h9-12,19H,2-8H2,1H3,(H,18,21). The van der Waals surface area contributed by atoms with Crippen molar-refractivity contribution in [2.45, 2.75) is 56.9 Å². The molecule has 2 heterocycles. The van der Waals surface area contributed by atoms with Crippen LogP contribution in [0.1, 0.15) is 72.6 Å². The van der Waals surface area contributed by atoms with Gasteiger partial charge in [-0.3, -0.25) is 9.59 Å². The maximum atomic E-state index is 13.0. The highest BCUT2D eigenvalue weighted by Gasteiger charge is 2.36. The van der Waals surface area contributed by atoms with Crippen molar-refractivity contribution in [2.75, 3.05) is 13.1 Å². The fourth-order valence-electron chi connectivity index (χ4n) is 3.35. The molecule has 5 nitrogen and oxygen atoms in total. The molecule has 0 radical (unpaired) electrons. The van der Waals surface area contributed by atoms with Gasteiger partial charge in [-0.15, -0.1) is 0 Å². The molecule has 1 saturated heterocycles. The lowest BCUT2D eigenvalue weighted by atomic mass is 10.1. The molecule has 4 rings (SSSR count). The first kappa shape index (κ1) is 13.9. The van der Waals surface area contributed by atoms with E-state index in [1.165, 1.54) is 31.4 Å². The van der Waals surface area contributed by atoms with Gasteiger partial charge in [-0.2, -0.15) is 0 Å². The minimum atomic E-state index is -0.388. The number of amides is 2. The molecule has 0 spiro atoms. The molecule has 2 saturated carbocycles. The Balaban J connectivity index is 1.64. The molecule has 2 amide bonds. The molecule has 0 bridgehead atoms. The van der Waals surface area contributed by atoms with Crippen LogP contribution in [-0.4, -0.2) is 40.8 Å². The SMILES string of the molecule is CC1C(=O)NCCCN1C(=O)c1cc(C2CC2)[nH]c1C1CC1. The maximum Gasteiger partial charge on any atom is 0.256 e. The molecule has 3 fully saturated rings. The lowest BCUT2D eigenvalue weighted by Crippen LogP contribution is -2.45. The third-order valence-corrected chi connectivity index (χ3v) is 5.09. The molecule has 5 heteroatoms. The molecule has 1 aromatic heterocycles. The van der Waals surface area contributed by atoms with Crippen molar-refractivity contribution >= 4 is 11.8 Å². The molecule has 0 aromatic carbocycles. The van der Waals surface area contributed by atoms with E-state index in [-0.39, 0.29) is 17.9 Å². The van der Waals surface area contributed by atoms with Crippen LogP contribution in [0, 0.1) is 0 Å². The molecule has 1 aliphatic heterocycles. The molecule has 118 valence electrons. The van der Waals surface area contributed by atoms with Crippen molar-refractivity contribution in [2.24, 2.45) is 0 Å². The topological polar surface area (TPSA) is 65.2 Å². The minimum absolute atomic E-state index is 0.0228. The van der Waals surface area contributed by atoms with E-state index in [1.807, 2.05) is 6.92 Å². The van der Waals surface area contributed by atoms with Crippen molar-refractivity contribution in [3.8, 4) is 0 Å². The highest BCUT2D eigenvalue weighted by Crippen LogP contribution is 2.45. The molecular weight excluding hydrogens is 278 g/mol. The van der Waals surface area contributed by atoms with Crippen LogP contribution in [0.2, 0.25) is 0 Å². The Labute approximate surface area is 130 Å². The minimum Gasteiger partial charge on any atom is -0.361 e. The van der Waals surface area contributed by atoms with Gasteiger partial charge in [0.15, 0.2) is 0 Å². The van der Waals surface area contributed by atoms with E-state index in [0.29, 0.717) is 24.9 Å². The van der Waals surface area contributed by atoms with E-state index in [9.17, 15) is 9.59 Å². The summed E-state index contributed by atoms with van der Waals surface area (Å²) < 4.78 is 0. The predicted octanol–water partition coefficient (Wildman–Crippen LogP) is 2.12. The third-order valence-electron chi connectivity index (χ3n) is 5.09. The molecule has 1 unspecified atom stereocenters. The Morgan fingerprint density at radius 3 is 2.64 bits per heavy atom. The van der Waals surface area contributed by atoms with Crippen LogP contribution in [0.3, 0.4) is 0 Å². The van der Waals surface area contributed by atoms with E-state index >= 15 is 0 Å². The zero-order chi connectivity index (χ0) is 15.3. The summed E-state index contributed by atoms with van der Waals surface area (Å²) in [5, 5.41) is 2.87. The fraction of sp³-hybridized carbons (Fsp3) is 0.647. The summed E-state index contributed by atoms with van der Waals surface area (Å²) in [5.41, 5.74) is 3.15. The average Bonchev–Trinajstić information content (AvgIpc) is 3.41. The number of carbonyl (C=O) groups excluding carboxylic acids is 2. The van der Waals surface area contributed by atoms with Crippen LogP contribution >= 0.6 is 0 Å². The van der Waals surface area contributed by atoms with E-state index in [0.717, 1.165) is 17.7 Å². The Morgan fingerprint density at radius 2 is 1.95 bits per heavy atom. The normalized spacial score (nSPS) is 25.8. The maximum absolute atomic E-state index is 13.0. The third kappa shape index (κ3) is 2.42. The lowest BCUT2D eigenvalue weighted by molar-refractivity contribution is -0.124. The molecule has 2 aliphatic carbocycles. The van der Waals surface area contributed by atoms with Crippen LogP contribution < -0.4 is 5.32 Å². The van der Waals surface area contributed by atoms with E-state index in [2.05, 4.69) is 16.4 Å². The number of carbonyl (C=O) groups is 2. The molecule has 22 heavy (non-hydrogen) atoms. The summed E-state index contributed by atoms with van der Waals surface area (Å²) in [7, 11) is 0. The summed E-state index contributed by atoms with van der Waals surface area (Å²) >= 11 is 0. The second-order valence-electron chi connectivity index (χ2n) is 6.92. The number of aromatic nitrogens is 1. The summed E-state index contributed by atoms with van der Waals surface area (Å²) in [6.07, 6.45) is 5.60. The van der Waals surface area contributed by atoms with Gasteiger partial charge in [0.05, 0.1) is 5.56 Å². The molecule has 2 N–H and O–H groups in total. The van der Waals surface area contributed by atoms with Crippen LogP contribution in [0.25, 0.3) is 0 Å². The van der Waals surface area contributed by atoms with Gasteiger partial charge in [0.25, 0.3) is 5.91 Å². The zero-order valence-corrected chi connectivity index (χ0v) is 13.0. The smallest absolute Gasteiger partial charge is 0.256 e. The van der Waals surface area contributed by atoms with Crippen molar-refractivity contribution in [1.82, 2.24) is 15.2 Å². The monoisotopic (exact) mass is 301 g/mol. The second kappa shape index (κ2) is 5.14. The first-order valence-electron chi connectivity index (χ1n) is 8.46. The van der Waals surface area contributed by atoms with E-state index in [1.54, 1.807) is 4.90 Å². The Morgan fingerprint density at radius 1 is 1.23 bits per heavy atom. The van der Waals surface area contributed by atoms with Gasteiger partial charge in [-0.1, -0.05) is 0 Å². The van der Waals surface area contributed by atoms with Crippen LogP contribution in [-0.2, 0) is 4.79 Å². The number of hydrogen-bond donors (Lipinski definition) is 2. The number of aromatic amines is 1. The highest BCUT2D eigenvalue weighted by atomic mass is 16.2. The van der Waals surface area contributed by atoms with E-state index in [4.69, 9.17) is 0 Å².